The highest BCUT2D eigenvalue weighted by Gasteiger charge is 2.10. The Bertz CT molecular complexity index is 1140. The number of hydrogen-bond donors (Lipinski definition) is 0. The molecule has 0 bridgehead atoms. The van der Waals surface area contributed by atoms with Crippen molar-refractivity contribution in [3.63, 3.8) is 0 Å². The second kappa shape index (κ2) is 7.67. The van der Waals surface area contributed by atoms with Crippen LogP contribution in [-0.4, -0.2) is 15.0 Å². The van der Waals surface area contributed by atoms with Crippen LogP contribution in [0.15, 0.2) is 72.9 Å². The molecule has 0 aliphatic carbocycles. The number of ether oxygens (including phenoxy) is 1. The van der Waals surface area contributed by atoms with E-state index in [1.54, 1.807) is 6.20 Å². The van der Waals surface area contributed by atoms with Gasteiger partial charge >= 0.3 is 0 Å². The molecule has 4 heteroatoms. The Morgan fingerprint density at radius 3 is 2.52 bits per heavy atom. The molecule has 0 atom stereocenters. The fourth-order valence-corrected chi connectivity index (χ4v) is 2.63. The van der Waals surface area contributed by atoms with Gasteiger partial charge in [0.25, 0.3) is 0 Å². The number of rotatable bonds is 3. The van der Waals surface area contributed by atoms with Crippen LogP contribution < -0.4 is 4.74 Å². The van der Waals surface area contributed by atoms with Crippen molar-refractivity contribution in [2.75, 3.05) is 0 Å². The maximum atomic E-state index is 6.00. The van der Waals surface area contributed by atoms with E-state index in [0.29, 0.717) is 29.3 Å². The summed E-state index contributed by atoms with van der Waals surface area (Å²) < 4.78 is 6.00. The molecule has 2 aromatic heterocycles. The van der Waals surface area contributed by atoms with Crippen LogP contribution in [0.25, 0.3) is 11.2 Å². The lowest BCUT2D eigenvalue weighted by Gasteiger charge is -2.09. The molecule has 0 amide bonds. The summed E-state index contributed by atoms with van der Waals surface area (Å²) in [6.07, 6.45) is 1.69. The Labute approximate surface area is 157 Å². The highest BCUT2D eigenvalue weighted by Crippen LogP contribution is 2.19. The lowest BCUT2D eigenvalue weighted by Crippen LogP contribution is -2.03. The topological polar surface area (TPSA) is 47.9 Å². The molecule has 130 valence electrons. The van der Waals surface area contributed by atoms with Crippen molar-refractivity contribution in [2.45, 2.75) is 13.5 Å². The summed E-state index contributed by atoms with van der Waals surface area (Å²) in [5.41, 5.74) is 4.90. The fraction of sp³-hybridized carbons (Fsp3) is 0.0870. The monoisotopic (exact) mass is 351 g/mol. The summed E-state index contributed by atoms with van der Waals surface area (Å²) in [4.78, 5) is 13.4. The van der Waals surface area contributed by atoms with E-state index in [9.17, 15) is 0 Å². The first-order valence-corrected chi connectivity index (χ1v) is 8.67. The van der Waals surface area contributed by atoms with E-state index >= 15 is 0 Å². The van der Waals surface area contributed by atoms with Gasteiger partial charge in [-0.3, -0.25) is 0 Å². The second-order valence-corrected chi connectivity index (χ2v) is 6.05. The largest absolute Gasteiger partial charge is 0.471 e. The summed E-state index contributed by atoms with van der Waals surface area (Å²) in [5, 5.41) is 0. The average molecular weight is 351 g/mol. The minimum atomic E-state index is 0.410. The molecule has 0 unspecified atom stereocenters. The van der Waals surface area contributed by atoms with Crippen molar-refractivity contribution >= 4 is 11.2 Å². The van der Waals surface area contributed by atoms with Gasteiger partial charge in [-0.05, 0) is 48.2 Å². The van der Waals surface area contributed by atoms with Gasteiger partial charge in [-0.15, -0.1) is 0 Å². The average Bonchev–Trinajstić information content (AvgIpc) is 2.72. The van der Waals surface area contributed by atoms with Gasteiger partial charge in [-0.1, -0.05) is 48.4 Å². The van der Waals surface area contributed by atoms with Crippen molar-refractivity contribution < 1.29 is 4.74 Å². The van der Waals surface area contributed by atoms with Crippen molar-refractivity contribution in [1.82, 2.24) is 15.0 Å². The fourth-order valence-electron chi connectivity index (χ4n) is 2.63. The number of aryl methyl sites for hydroxylation is 1. The number of nitrogens with zero attached hydrogens (tertiary/aromatic N) is 3. The predicted octanol–water partition coefficient (Wildman–Crippen LogP) is 4.31. The van der Waals surface area contributed by atoms with Crippen molar-refractivity contribution in [3.05, 3.63) is 95.3 Å². The first-order valence-electron chi connectivity index (χ1n) is 8.67. The number of pyridine rings is 1. The standard InChI is InChI=1S/C23H17N3O/c1-17-8-5-6-11-19(17)16-27-23-21(14-13-18-9-3-2-4-10-18)25-22-20(26-23)12-7-15-24-22/h2-12,15H,16H2,1H3. The Kier molecular flexibility index (Phi) is 4.76. The smallest absolute Gasteiger partial charge is 0.250 e. The van der Waals surface area contributed by atoms with Gasteiger partial charge < -0.3 is 4.74 Å². The Balaban J connectivity index is 1.71. The minimum absolute atomic E-state index is 0.410. The zero-order valence-electron chi connectivity index (χ0n) is 14.9. The Morgan fingerprint density at radius 1 is 0.852 bits per heavy atom. The molecular weight excluding hydrogens is 334 g/mol. The van der Waals surface area contributed by atoms with Gasteiger partial charge in [0.2, 0.25) is 5.88 Å². The van der Waals surface area contributed by atoms with Crippen LogP contribution in [0.4, 0.5) is 0 Å². The molecule has 2 aromatic carbocycles. The van der Waals surface area contributed by atoms with Gasteiger partial charge in [0.15, 0.2) is 11.3 Å². The molecule has 0 N–H and O–H groups in total. The Hall–Kier alpha value is -3.71. The SMILES string of the molecule is Cc1ccccc1COc1nc2cccnc2nc1C#Cc1ccccc1. The molecule has 0 radical (unpaired) electrons. The first kappa shape index (κ1) is 16.7. The van der Waals surface area contributed by atoms with Crippen LogP contribution in [0, 0.1) is 18.8 Å². The molecule has 4 nitrogen and oxygen atoms in total. The summed E-state index contributed by atoms with van der Waals surface area (Å²) >= 11 is 0. The molecule has 2 heterocycles. The number of benzene rings is 2. The molecular formula is C23H17N3O. The lowest BCUT2D eigenvalue weighted by atomic mass is 10.1. The van der Waals surface area contributed by atoms with Gasteiger partial charge in [0.1, 0.15) is 12.1 Å². The van der Waals surface area contributed by atoms with E-state index in [0.717, 1.165) is 11.1 Å². The number of fused-ring (bicyclic) bond motifs is 1. The molecule has 0 saturated heterocycles. The van der Waals surface area contributed by atoms with Crippen LogP contribution >= 0.6 is 0 Å². The summed E-state index contributed by atoms with van der Waals surface area (Å²) in [5.74, 6) is 6.62. The summed E-state index contributed by atoms with van der Waals surface area (Å²) in [6, 6.07) is 21.6. The van der Waals surface area contributed by atoms with Crippen molar-refractivity contribution in [3.8, 4) is 17.7 Å². The zero-order valence-corrected chi connectivity index (χ0v) is 14.9. The predicted molar refractivity (Wildman–Crippen MR) is 105 cm³/mol. The summed E-state index contributed by atoms with van der Waals surface area (Å²) in [6.45, 7) is 2.47. The second-order valence-electron chi connectivity index (χ2n) is 6.05. The third kappa shape index (κ3) is 3.94. The first-order chi connectivity index (χ1) is 13.3. The maximum Gasteiger partial charge on any atom is 0.250 e. The van der Waals surface area contributed by atoms with Crippen molar-refractivity contribution in [2.24, 2.45) is 0 Å². The maximum absolute atomic E-state index is 6.00. The third-order valence-electron chi connectivity index (χ3n) is 4.13. The molecule has 0 aliphatic rings. The molecule has 27 heavy (non-hydrogen) atoms. The number of hydrogen-bond acceptors (Lipinski definition) is 4. The van der Waals surface area contributed by atoms with Gasteiger partial charge in [0, 0.05) is 11.8 Å². The molecule has 4 aromatic rings. The normalized spacial score (nSPS) is 10.3. The quantitative estimate of drug-likeness (QED) is 0.516. The van der Waals surface area contributed by atoms with E-state index < -0.39 is 0 Å². The molecule has 0 fully saturated rings. The van der Waals surface area contributed by atoms with Gasteiger partial charge in [0.05, 0.1) is 0 Å². The highest BCUT2D eigenvalue weighted by atomic mass is 16.5. The van der Waals surface area contributed by atoms with E-state index in [2.05, 4.69) is 39.8 Å². The lowest BCUT2D eigenvalue weighted by molar-refractivity contribution is 0.292. The van der Waals surface area contributed by atoms with E-state index in [4.69, 9.17) is 4.74 Å². The summed E-state index contributed by atoms with van der Waals surface area (Å²) in [7, 11) is 0. The minimum Gasteiger partial charge on any atom is -0.471 e. The highest BCUT2D eigenvalue weighted by molar-refractivity contribution is 5.71. The van der Waals surface area contributed by atoms with E-state index in [1.807, 2.05) is 60.7 Å². The van der Waals surface area contributed by atoms with E-state index in [-0.39, 0.29) is 0 Å². The van der Waals surface area contributed by atoms with Crippen LogP contribution in [0.2, 0.25) is 0 Å². The van der Waals surface area contributed by atoms with Crippen LogP contribution in [0.1, 0.15) is 22.4 Å². The molecule has 0 aliphatic heterocycles. The van der Waals surface area contributed by atoms with Crippen LogP contribution in [0.5, 0.6) is 5.88 Å². The van der Waals surface area contributed by atoms with Crippen molar-refractivity contribution in [1.29, 1.82) is 0 Å². The Morgan fingerprint density at radius 2 is 1.67 bits per heavy atom. The van der Waals surface area contributed by atoms with Crippen LogP contribution in [-0.2, 0) is 6.61 Å². The van der Waals surface area contributed by atoms with Crippen LogP contribution in [0.3, 0.4) is 0 Å². The van der Waals surface area contributed by atoms with Gasteiger partial charge in [-0.2, -0.15) is 0 Å². The molecule has 0 saturated carbocycles. The number of aromatic nitrogens is 3. The van der Waals surface area contributed by atoms with Gasteiger partial charge in [-0.25, -0.2) is 15.0 Å². The molecule has 4 rings (SSSR count). The zero-order chi connectivity index (χ0) is 18.5. The molecule has 0 spiro atoms. The third-order valence-corrected chi connectivity index (χ3v) is 4.13. The van der Waals surface area contributed by atoms with E-state index in [1.165, 1.54) is 5.56 Å².